The van der Waals surface area contributed by atoms with Crippen molar-refractivity contribution in [3.63, 3.8) is 0 Å². The molecule has 1 N–H and O–H groups in total. The van der Waals surface area contributed by atoms with Gasteiger partial charge in [-0.3, -0.25) is 0 Å². The fourth-order valence-electron chi connectivity index (χ4n) is 5.12. The minimum atomic E-state index is -0.229. The summed E-state index contributed by atoms with van der Waals surface area (Å²) in [6.45, 7) is 13.6. The molecule has 0 radical (unpaired) electrons. The quantitative estimate of drug-likeness (QED) is 0.364. The van der Waals surface area contributed by atoms with E-state index in [-0.39, 0.29) is 18.8 Å². The van der Waals surface area contributed by atoms with Crippen LogP contribution in [0.3, 0.4) is 0 Å². The van der Waals surface area contributed by atoms with Crippen molar-refractivity contribution in [3.8, 4) is 0 Å². The first-order valence-corrected chi connectivity index (χ1v) is 15.0. The predicted molar refractivity (Wildman–Crippen MR) is 139 cm³/mol. The van der Waals surface area contributed by atoms with E-state index < -0.39 is 0 Å². The zero-order chi connectivity index (χ0) is 23.9. The number of rotatable bonds is 6. The first-order valence-electron chi connectivity index (χ1n) is 11.5. The van der Waals surface area contributed by atoms with Gasteiger partial charge >= 0.3 is 33.5 Å². The van der Waals surface area contributed by atoms with E-state index in [1.54, 1.807) is 0 Å². The summed E-state index contributed by atoms with van der Waals surface area (Å²) in [5.74, 6) is 0.662. The molecular formula is C28H36Cl2CrN. The third-order valence-electron chi connectivity index (χ3n) is 6.50. The van der Waals surface area contributed by atoms with Crippen molar-refractivity contribution in [1.82, 2.24) is 0 Å². The second kappa shape index (κ2) is 12.3. The van der Waals surface area contributed by atoms with E-state index in [2.05, 4.69) is 96.2 Å². The Bertz CT molecular complexity index is 935. The molecule has 1 nitrogen and oxygen atoms in total. The van der Waals surface area contributed by atoms with Crippen LogP contribution in [0.4, 0.5) is 0 Å². The van der Waals surface area contributed by atoms with Gasteiger partial charge in [0.2, 0.25) is 0 Å². The molecule has 0 aromatic heterocycles. The van der Waals surface area contributed by atoms with Gasteiger partial charge in [0.1, 0.15) is 0 Å². The molecule has 0 spiro atoms. The Kier molecular flexibility index (Phi) is 10.4. The molecule has 0 heterocycles. The van der Waals surface area contributed by atoms with Gasteiger partial charge in [-0.2, -0.15) is 0 Å². The van der Waals surface area contributed by atoms with Crippen molar-refractivity contribution in [2.24, 2.45) is 17.3 Å². The molecule has 0 bridgehead atoms. The number of hydrogen-bond acceptors (Lipinski definition) is 0. The van der Waals surface area contributed by atoms with Crippen LogP contribution in [0.2, 0.25) is 0 Å². The fourth-order valence-corrected chi connectivity index (χ4v) is 5.12. The van der Waals surface area contributed by atoms with Crippen LogP contribution >= 0.6 is 20.1 Å². The number of benzene rings is 1. The van der Waals surface area contributed by atoms with Crippen LogP contribution in [-0.2, 0) is 13.4 Å². The van der Waals surface area contributed by atoms with Gasteiger partial charge in [-0.05, 0) is 48.3 Å². The summed E-state index contributed by atoms with van der Waals surface area (Å²) in [5, 5.41) is 0. The van der Waals surface area contributed by atoms with E-state index in [0.29, 0.717) is 11.8 Å². The van der Waals surface area contributed by atoms with Crippen LogP contribution in [0.25, 0.3) is 11.3 Å². The van der Waals surface area contributed by atoms with Crippen molar-refractivity contribution in [1.29, 1.82) is 0 Å². The van der Waals surface area contributed by atoms with Gasteiger partial charge in [-0.1, -0.05) is 112 Å². The molecule has 3 rings (SSSR count). The summed E-state index contributed by atoms with van der Waals surface area (Å²) in [5.41, 5.74) is 17.7. The summed E-state index contributed by atoms with van der Waals surface area (Å²) < 4.78 is 0. The summed E-state index contributed by atoms with van der Waals surface area (Å²) in [4.78, 5) is 0. The third kappa shape index (κ3) is 5.66. The average Bonchev–Trinajstić information content (AvgIpc) is 3.29. The molecule has 1 unspecified atom stereocenters. The van der Waals surface area contributed by atoms with Crippen LogP contribution in [0.15, 0.2) is 82.6 Å². The van der Waals surface area contributed by atoms with E-state index in [1.807, 2.05) is 0 Å². The zero-order valence-electron chi connectivity index (χ0n) is 20.1. The van der Waals surface area contributed by atoms with Crippen molar-refractivity contribution < 1.29 is 13.4 Å². The molecule has 32 heavy (non-hydrogen) atoms. The summed E-state index contributed by atoms with van der Waals surface area (Å²) in [6.07, 6.45) is 12.2. The normalized spacial score (nSPS) is 21.9. The van der Waals surface area contributed by atoms with Gasteiger partial charge < -0.3 is 5.73 Å². The number of hydrogen-bond donors (Lipinski definition) is 0. The van der Waals surface area contributed by atoms with Crippen molar-refractivity contribution in [2.45, 2.75) is 60.8 Å². The van der Waals surface area contributed by atoms with E-state index >= 15 is 0 Å². The van der Waals surface area contributed by atoms with E-state index in [0.717, 1.165) is 25.0 Å². The van der Waals surface area contributed by atoms with Crippen LogP contribution in [0.5, 0.6) is 0 Å². The van der Waals surface area contributed by atoms with E-state index in [9.17, 15) is 0 Å². The molecule has 4 heteroatoms. The zero-order valence-corrected chi connectivity index (χ0v) is 22.9. The van der Waals surface area contributed by atoms with Gasteiger partial charge in [0.05, 0.1) is 0 Å². The predicted octanol–water partition coefficient (Wildman–Crippen LogP) is 10.1. The Balaban J connectivity index is 0.00000114. The van der Waals surface area contributed by atoms with Crippen molar-refractivity contribution in [2.75, 3.05) is 0 Å². The molecule has 2 aliphatic rings. The molecular weight excluding hydrogens is 473 g/mol. The van der Waals surface area contributed by atoms with Gasteiger partial charge in [0.15, 0.2) is 0 Å². The number of nitrogens with one attached hydrogen (secondary N) is 1. The standard InChI is InChI=1S/C28H36N.2ClH.Cr/c1-7-13-23(21-14-9-8-10-15-21)25-18-24(19(2)3)27(29)26(20(4)5)28(25,6)22-16-11-12-17-22;;;/h8-12,14-16,18-20,29H,7,13,17H2,1-6H3;2*1H;/q-1;;;+3/p-2. The summed E-state index contributed by atoms with van der Waals surface area (Å²) >= 11 is -0.181. The monoisotopic (exact) mass is 508 g/mol. The van der Waals surface area contributed by atoms with Crippen molar-refractivity contribution in [3.05, 3.63) is 93.9 Å². The van der Waals surface area contributed by atoms with Gasteiger partial charge in [0, 0.05) is 5.41 Å². The first kappa shape index (κ1) is 27.1. The molecule has 1 aromatic carbocycles. The SMILES string of the molecule is CCCC(=C1C=C(C(C)C)C([NH-])=C(C(C)C)C1(C)C1=CC=CC1)c1ccccc1.[Cl][Cr+][Cl]. The Morgan fingerprint density at radius 2 is 1.72 bits per heavy atom. The molecule has 0 aliphatic heterocycles. The Hall–Kier alpha value is -1.17. The second-order valence-electron chi connectivity index (χ2n) is 9.21. The maximum atomic E-state index is 9.15. The van der Waals surface area contributed by atoms with Crippen LogP contribution in [-0.4, -0.2) is 0 Å². The molecule has 2 aliphatic carbocycles. The Labute approximate surface area is 210 Å². The van der Waals surface area contributed by atoms with Gasteiger partial charge in [-0.15, -0.1) is 5.70 Å². The van der Waals surface area contributed by atoms with Gasteiger partial charge in [0.25, 0.3) is 0 Å². The Morgan fingerprint density at radius 3 is 2.19 bits per heavy atom. The van der Waals surface area contributed by atoms with Gasteiger partial charge in [-0.25, -0.2) is 0 Å². The summed E-state index contributed by atoms with van der Waals surface area (Å²) in [6, 6.07) is 10.9. The second-order valence-corrected chi connectivity index (χ2v) is 11.3. The number of allylic oxidation sites excluding steroid dienone is 9. The average molecular weight is 510 g/mol. The molecule has 0 saturated heterocycles. The van der Waals surface area contributed by atoms with E-state index in [4.69, 9.17) is 25.8 Å². The first-order chi connectivity index (χ1) is 15.2. The van der Waals surface area contributed by atoms with Crippen LogP contribution in [0.1, 0.15) is 66.4 Å². The molecule has 0 amide bonds. The van der Waals surface area contributed by atoms with Crippen molar-refractivity contribution >= 4 is 25.7 Å². The van der Waals surface area contributed by atoms with E-state index in [1.165, 1.54) is 33.4 Å². The molecule has 0 saturated carbocycles. The van der Waals surface area contributed by atoms with Crippen LogP contribution in [0, 0.1) is 17.3 Å². The minimum absolute atomic E-state index is 0.181. The number of halogens is 2. The topological polar surface area (TPSA) is 23.8 Å². The molecule has 1 aromatic rings. The van der Waals surface area contributed by atoms with Crippen LogP contribution < -0.4 is 0 Å². The Morgan fingerprint density at radius 1 is 1.09 bits per heavy atom. The molecule has 173 valence electrons. The molecule has 0 fully saturated rings. The third-order valence-corrected chi connectivity index (χ3v) is 6.50. The molecule has 1 atom stereocenters. The maximum absolute atomic E-state index is 9.15. The fraction of sp³-hybridized carbons (Fsp3) is 0.429. The summed E-state index contributed by atoms with van der Waals surface area (Å²) in [7, 11) is 9.65.